The van der Waals surface area contributed by atoms with E-state index in [1.54, 1.807) is 30.3 Å². The van der Waals surface area contributed by atoms with Gasteiger partial charge in [-0.2, -0.15) is 26.0 Å². The molecule has 0 saturated heterocycles. The van der Waals surface area contributed by atoms with Crippen LogP contribution in [0.5, 0.6) is 5.75 Å². The molecule has 1 aromatic carbocycles. The minimum atomic E-state index is -6.23. The summed E-state index contributed by atoms with van der Waals surface area (Å²) in [5.41, 5.74) is -0.0397. The lowest BCUT2D eigenvalue weighted by atomic mass is 10.1. The van der Waals surface area contributed by atoms with Gasteiger partial charge in [0.1, 0.15) is 5.75 Å². The molecule has 11 heteroatoms. The Morgan fingerprint density at radius 3 is 2.26 bits per heavy atom. The Hall–Kier alpha value is -1.98. The fraction of sp³-hybridized carbons (Fsp3) is 0.438. The molecule has 0 aromatic heterocycles. The van der Waals surface area contributed by atoms with Gasteiger partial charge < -0.3 is 9.47 Å². The lowest BCUT2D eigenvalue weighted by molar-refractivity contribution is -0.165. The second-order valence-corrected chi connectivity index (χ2v) is 6.97. The van der Waals surface area contributed by atoms with Crippen LogP contribution in [-0.2, 0) is 19.6 Å². The number of hydrogen-bond donors (Lipinski definition) is 1. The highest BCUT2D eigenvalue weighted by molar-refractivity contribution is 7.87. The molecule has 0 aliphatic heterocycles. The molecule has 6 nitrogen and oxygen atoms in total. The summed E-state index contributed by atoms with van der Waals surface area (Å²) in [5, 5.41) is -5.57. The summed E-state index contributed by atoms with van der Waals surface area (Å²) in [6, 6.07) is 8.14. The number of carbonyl (C=O) groups is 1. The average Bonchev–Trinajstić information content (AvgIpc) is 2.57. The van der Waals surface area contributed by atoms with Gasteiger partial charge >= 0.3 is 27.3 Å². The number of benzene rings is 1. The minimum Gasteiger partial charge on any atom is -0.423 e. The van der Waals surface area contributed by atoms with Crippen LogP contribution in [0.25, 0.3) is 0 Å². The smallest absolute Gasteiger partial charge is 0.423 e. The SMILES string of the molecule is C=C(COCCCCC(F)(F)C(F)(F)S(=O)(=O)O)C(=O)Oc1ccccc1. The topological polar surface area (TPSA) is 89.9 Å². The van der Waals surface area contributed by atoms with E-state index in [2.05, 4.69) is 6.58 Å². The summed E-state index contributed by atoms with van der Waals surface area (Å²) in [7, 11) is -6.23. The number of ether oxygens (including phenoxy) is 2. The second kappa shape index (κ2) is 9.29. The van der Waals surface area contributed by atoms with E-state index in [1.165, 1.54) is 0 Å². The molecule has 27 heavy (non-hydrogen) atoms. The van der Waals surface area contributed by atoms with E-state index in [9.17, 15) is 30.8 Å². The van der Waals surface area contributed by atoms with Gasteiger partial charge in [0, 0.05) is 13.0 Å². The van der Waals surface area contributed by atoms with Crippen molar-refractivity contribution >= 4 is 16.1 Å². The van der Waals surface area contributed by atoms with E-state index in [0.717, 1.165) is 0 Å². The molecule has 0 atom stereocenters. The second-order valence-electron chi connectivity index (χ2n) is 5.51. The fourth-order valence-corrected chi connectivity index (χ4v) is 2.29. The number of carbonyl (C=O) groups excluding carboxylic acids is 1. The zero-order chi connectivity index (χ0) is 20.7. The highest BCUT2D eigenvalue weighted by Gasteiger charge is 2.64. The van der Waals surface area contributed by atoms with Crippen molar-refractivity contribution in [3.63, 3.8) is 0 Å². The molecule has 0 unspecified atom stereocenters. The quantitative estimate of drug-likeness (QED) is 0.149. The van der Waals surface area contributed by atoms with Crippen molar-refractivity contribution in [1.29, 1.82) is 0 Å². The Morgan fingerprint density at radius 1 is 1.11 bits per heavy atom. The van der Waals surface area contributed by atoms with E-state index < -0.39 is 40.1 Å². The summed E-state index contributed by atoms with van der Waals surface area (Å²) in [4.78, 5) is 11.7. The first-order valence-electron chi connectivity index (χ1n) is 7.64. The van der Waals surface area contributed by atoms with Gasteiger partial charge in [-0.15, -0.1) is 0 Å². The van der Waals surface area contributed by atoms with Gasteiger partial charge in [-0.1, -0.05) is 24.8 Å². The van der Waals surface area contributed by atoms with E-state index in [1.807, 2.05) is 0 Å². The van der Waals surface area contributed by atoms with Crippen LogP contribution < -0.4 is 4.74 Å². The maximum absolute atomic E-state index is 13.2. The Morgan fingerprint density at radius 2 is 1.70 bits per heavy atom. The van der Waals surface area contributed by atoms with Gasteiger partial charge in [0.15, 0.2) is 0 Å². The molecule has 0 aliphatic carbocycles. The number of halogens is 4. The van der Waals surface area contributed by atoms with Crippen LogP contribution in [0.15, 0.2) is 42.5 Å². The number of para-hydroxylation sites is 1. The highest BCUT2D eigenvalue weighted by Crippen LogP contribution is 2.41. The number of alkyl halides is 4. The molecule has 0 fully saturated rings. The lowest BCUT2D eigenvalue weighted by Crippen LogP contribution is -2.46. The van der Waals surface area contributed by atoms with Crippen LogP contribution in [-0.4, -0.2) is 43.3 Å². The number of hydrogen-bond acceptors (Lipinski definition) is 5. The van der Waals surface area contributed by atoms with E-state index in [-0.39, 0.29) is 25.2 Å². The molecule has 0 saturated carbocycles. The van der Waals surface area contributed by atoms with Crippen molar-refractivity contribution in [1.82, 2.24) is 0 Å². The third kappa shape index (κ3) is 6.60. The average molecular weight is 414 g/mol. The first-order chi connectivity index (χ1) is 12.4. The van der Waals surface area contributed by atoms with E-state index in [4.69, 9.17) is 14.0 Å². The van der Waals surface area contributed by atoms with Crippen LogP contribution in [0.3, 0.4) is 0 Å². The van der Waals surface area contributed by atoms with Gasteiger partial charge in [0.2, 0.25) is 0 Å². The summed E-state index contributed by atoms with van der Waals surface area (Å²) in [6.45, 7) is 3.03. The van der Waals surface area contributed by atoms with Gasteiger partial charge in [-0.25, -0.2) is 4.79 Å². The third-order valence-corrected chi connectivity index (χ3v) is 4.24. The van der Waals surface area contributed by atoms with Crippen molar-refractivity contribution in [3.05, 3.63) is 42.5 Å². The van der Waals surface area contributed by atoms with Crippen molar-refractivity contribution in [2.24, 2.45) is 0 Å². The van der Waals surface area contributed by atoms with Gasteiger partial charge in [-0.3, -0.25) is 4.55 Å². The number of esters is 1. The van der Waals surface area contributed by atoms with Crippen molar-refractivity contribution in [2.75, 3.05) is 13.2 Å². The van der Waals surface area contributed by atoms with Crippen LogP contribution in [0, 0.1) is 0 Å². The van der Waals surface area contributed by atoms with Gasteiger partial charge in [-0.05, 0) is 25.0 Å². The molecular formula is C16H18F4O6S. The van der Waals surface area contributed by atoms with Crippen molar-refractivity contribution < 1.29 is 44.8 Å². The largest absolute Gasteiger partial charge is 0.431 e. The standard InChI is InChI=1S/C16H18F4O6S/c1-12(14(21)26-13-7-3-2-4-8-13)11-25-10-6-5-9-15(17,18)16(19,20)27(22,23)24/h2-4,7-8H,1,5-6,9-11H2,(H,22,23,24). The normalized spacial score (nSPS) is 12.6. The van der Waals surface area contributed by atoms with Crippen molar-refractivity contribution in [2.45, 2.75) is 30.4 Å². The molecule has 152 valence electrons. The molecule has 1 rings (SSSR count). The van der Waals surface area contributed by atoms with Gasteiger partial charge in [0.25, 0.3) is 0 Å². The van der Waals surface area contributed by atoms with Gasteiger partial charge in [0.05, 0.1) is 12.2 Å². The zero-order valence-electron chi connectivity index (χ0n) is 14.0. The molecule has 0 amide bonds. The summed E-state index contributed by atoms with van der Waals surface area (Å²) >= 11 is 0. The maximum Gasteiger partial charge on any atom is 0.431 e. The summed E-state index contributed by atoms with van der Waals surface area (Å²) < 4.78 is 91.4. The monoisotopic (exact) mass is 414 g/mol. The van der Waals surface area contributed by atoms with E-state index >= 15 is 0 Å². The molecule has 1 N–H and O–H groups in total. The Kier molecular flexibility index (Phi) is 7.93. The predicted octanol–water partition coefficient (Wildman–Crippen LogP) is 3.45. The Balaban J connectivity index is 2.30. The molecule has 0 aliphatic rings. The third-order valence-electron chi connectivity index (χ3n) is 3.30. The molecular weight excluding hydrogens is 396 g/mol. The highest BCUT2D eigenvalue weighted by atomic mass is 32.2. The molecule has 0 bridgehead atoms. The lowest BCUT2D eigenvalue weighted by Gasteiger charge is -2.23. The van der Waals surface area contributed by atoms with E-state index in [0.29, 0.717) is 5.75 Å². The predicted molar refractivity (Wildman–Crippen MR) is 87.3 cm³/mol. The molecule has 1 aromatic rings. The van der Waals surface area contributed by atoms with Crippen LogP contribution >= 0.6 is 0 Å². The van der Waals surface area contributed by atoms with Crippen LogP contribution in [0.1, 0.15) is 19.3 Å². The van der Waals surface area contributed by atoms with Crippen LogP contribution in [0.4, 0.5) is 17.6 Å². The first kappa shape index (κ1) is 23.1. The van der Waals surface area contributed by atoms with Crippen molar-refractivity contribution in [3.8, 4) is 5.75 Å². The first-order valence-corrected chi connectivity index (χ1v) is 9.08. The molecule has 0 heterocycles. The number of unbranched alkanes of at least 4 members (excludes halogenated alkanes) is 1. The maximum atomic E-state index is 13.2. The Labute approximate surface area is 153 Å². The van der Waals surface area contributed by atoms with Crippen LogP contribution in [0.2, 0.25) is 0 Å². The fourth-order valence-electron chi connectivity index (χ4n) is 1.81. The minimum absolute atomic E-state index is 0.0397. The Bertz CT molecular complexity index is 749. The summed E-state index contributed by atoms with van der Waals surface area (Å²) in [6.07, 6.45) is -2.09. The molecule has 0 radical (unpaired) electrons. The number of rotatable bonds is 11. The zero-order valence-corrected chi connectivity index (χ0v) is 14.9. The molecule has 0 spiro atoms. The summed E-state index contributed by atoms with van der Waals surface area (Å²) in [5.74, 6) is -5.38.